The second-order valence-corrected chi connectivity index (χ2v) is 5.93. The standard InChI is InChI=1S/C15H22O4/c1-3-4-11(16)13-12(17)9-15(19-14(13)18)7-5-10(2)6-8-15/h10,16H,3-9H2,1-2H3/b13-11-. The monoisotopic (exact) mass is 266 g/mol. The summed E-state index contributed by atoms with van der Waals surface area (Å²) in [6.07, 6.45) is 4.76. The van der Waals surface area contributed by atoms with Gasteiger partial charge >= 0.3 is 5.97 Å². The van der Waals surface area contributed by atoms with E-state index < -0.39 is 11.6 Å². The fourth-order valence-corrected chi connectivity index (χ4v) is 2.99. The number of carbonyl (C=O) groups excluding carboxylic acids is 2. The van der Waals surface area contributed by atoms with Crippen LogP contribution in [0.2, 0.25) is 0 Å². The third kappa shape index (κ3) is 2.82. The Hall–Kier alpha value is -1.32. The average Bonchev–Trinajstić information content (AvgIpc) is 2.33. The van der Waals surface area contributed by atoms with Crippen molar-refractivity contribution in [3.63, 3.8) is 0 Å². The number of rotatable bonds is 2. The molecule has 2 aliphatic rings. The first-order chi connectivity index (χ1) is 8.97. The van der Waals surface area contributed by atoms with Gasteiger partial charge in [0, 0.05) is 6.42 Å². The molecule has 1 N–H and O–H groups in total. The van der Waals surface area contributed by atoms with Crippen molar-refractivity contribution in [2.24, 2.45) is 5.92 Å². The van der Waals surface area contributed by atoms with E-state index in [9.17, 15) is 14.7 Å². The van der Waals surface area contributed by atoms with Crippen LogP contribution in [-0.2, 0) is 14.3 Å². The molecule has 1 saturated heterocycles. The summed E-state index contributed by atoms with van der Waals surface area (Å²) in [6, 6.07) is 0. The van der Waals surface area contributed by atoms with Crippen LogP contribution < -0.4 is 0 Å². The van der Waals surface area contributed by atoms with Crippen LogP contribution >= 0.6 is 0 Å². The van der Waals surface area contributed by atoms with E-state index in [4.69, 9.17) is 4.74 Å². The molecular formula is C15H22O4. The van der Waals surface area contributed by atoms with E-state index in [0.717, 1.165) is 25.7 Å². The summed E-state index contributed by atoms with van der Waals surface area (Å²) >= 11 is 0. The Bertz CT molecular complexity index is 392. The van der Waals surface area contributed by atoms with Gasteiger partial charge in [-0.25, -0.2) is 4.79 Å². The van der Waals surface area contributed by atoms with Crippen molar-refractivity contribution in [3.8, 4) is 0 Å². The van der Waals surface area contributed by atoms with Crippen molar-refractivity contribution in [3.05, 3.63) is 11.3 Å². The SMILES string of the molecule is CCC/C(O)=C1\C(=O)CC2(CCC(C)CC2)OC1=O. The van der Waals surface area contributed by atoms with Gasteiger partial charge in [0.05, 0.1) is 6.42 Å². The molecule has 0 unspecified atom stereocenters. The Labute approximate surface area is 113 Å². The third-order valence-corrected chi connectivity index (χ3v) is 4.24. The van der Waals surface area contributed by atoms with Gasteiger partial charge in [0.15, 0.2) is 5.78 Å². The zero-order valence-corrected chi connectivity index (χ0v) is 11.7. The lowest BCUT2D eigenvalue weighted by Gasteiger charge is -2.41. The predicted octanol–water partition coefficient (Wildman–Crippen LogP) is 3.06. The number of hydrogen-bond donors (Lipinski definition) is 1. The highest BCUT2D eigenvalue weighted by atomic mass is 16.6. The minimum absolute atomic E-state index is 0.114. The van der Waals surface area contributed by atoms with Crippen LogP contribution in [0.15, 0.2) is 11.3 Å². The quantitative estimate of drug-likeness (QED) is 0.361. The van der Waals surface area contributed by atoms with Crippen LogP contribution in [0.5, 0.6) is 0 Å². The van der Waals surface area contributed by atoms with Crippen LogP contribution in [0.3, 0.4) is 0 Å². The summed E-state index contributed by atoms with van der Waals surface area (Å²) in [6.45, 7) is 4.07. The zero-order chi connectivity index (χ0) is 14.0. The number of Topliss-reactive ketones (excluding diaryl/α,β-unsaturated/α-hetero) is 1. The Morgan fingerprint density at radius 3 is 2.53 bits per heavy atom. The number of hydrogen-bond acceptors (Lipinski definition) is 4. The van der Waals surface area contributed by atoms with Gasteiger partial charge in [-0.1, -0.05) is 13.8 Å². The first-order valence-corrected chi connectivity index (χ1v) is 7.16. The van der Waals surface area contributed by atoms with Gasteiger partial charge in [-0.2, -0.15) is 0 Å². The van der Waals surface area contributed by atoms with Gasteiger partial charge in [0.25, 0.3) is 0 Å². The van der Waals surface area contributed by atoms with E-state index >= 15 is 0 Å². The molecule has 1 saturated carbocycles. The Kier molecular flexibility index (Phi) is 3.97. The molecule has 1 aliphatic heterocycles. The topological polar surface area (TPSA) is 63.6 Å². The number of allylic oxidation sites excluding steroid dienone is 1. The minimum atomic E-state index is -0.628. The van der Waals surface area contributed by atoms with Gasteiger partial charge < -0.3 is 9.84 Å². The lowest BCUT2D eigenvalue weighted by atomic mass is 9.75. The van der Waals surface area contributed by atoms with Crippen molar-refractivity contribution >= 4 is 11.8 Å². The molecule has 4 heteroatoms. The van der Waals surface area contributed by atoms with E-state index in [1.165, 1.54) is 0 Å². The molecule has 106 valence electrons. The predicted molar refractivity (Wildman–Crippen MR) is 70.6 cm³/mol. The van der Waals surface area contributed by atoms with Crippen LogP contribution in [0.25, 0.3) is 0 Å². The van der Waals surface area contributed by atoms with Crippen molar-refractivity contribution in [2.45, 2.75) is 64.4 Å². The van der Waals surface area contributed by atoms with Crippen molar-refractivity contribution < 1.29 is 19.4 Å². The molecule has 4 nitrogen and oxygen atoms in total. The summed E-state index contributed by atoms with van der Waals surface area (Å²) in [4.78, 5) is 24.2. The van der Waals surface area contributed by atoms with Crippen LogP contribution in [-0.4, -0.2) is 22.5 Å². The molecule has 0 aromatic heterocycles. The molecule has 0 aromatic rings. The molecule has 0 atom stereocenters. The van der Waals surface area contributed by atoms with Crippen LogP contribution in [0.1, 0.15) is 58.8 Å². The number of esters is 1. The maximum Gasteiger partial charge on any atom is 0.345 e. The number of aliphatic hydroxyl groups is 1. The van der Waals surface area contributed by atoms with Gasteiger partial charge in [-0.15, -0.1) is 0 Å². The molecule has 2 fully saturated rings. The van der Waals surface area contributed by atoms with E-state index in [1.807, 2.05) is 6.92 Å². The third-order valence-electron chi connectivity index (χ3n) is 4.24. The zero-order valence-electron chi connectivity index (χ0n) is 11.7. The summed E-state index contributed by atoms with van der Waals surface area (Å²) in [7, 11) is 0. The first kappa shape index (κ1) is 14.1. The van der Waals surface area contributed by atoms with Crippen molar-refractivity contribution in [2.75, 3.05) is 0 Å². The van der Waals surface area contributed by atoms with Gasteiger partial charge in [0.2, 0.25) is 0 Å². The average molecular weight is 266 g/mol. The Morgan fingerprint density at radius 1 is 1.37 bits per heavy atom. The Morgan fingerprint density at radius 2 is 2.00 bits per heavy atom. The molecule has 1 spiro atoms. The number of ether oxygens (including phenoxy) is 1. The first-order valence-electron chi connectivity index (χ1n) is 7.16. The highest BCUT2D eigenvalue weighted by molar-refractivity contribution is 6.19. The maximum atomic E-state index is 12.2. The highest BCUT2D eigenvalue weighted by Crippen LogP contribution is 2.41. The largest absolute Gasteiger partial charge is 0.511 e. The molecule has 0 aromatic carbocycles. The summed E-state index contributed by atoms with van der Waals surface area (Å²) in [5.41, 5.74) is -0.720. The lowest BCUT2D eigenvalue weighted by Crippen LogP contribution is -2.46. The molecule has 2 rings (SSSR count). The number of carbonyl (C=O) groups is 2. The van der Waals surface area contributed by atoms with E-state index in [2.05, 4.69) is 6.92 Å². The molecule has 1 heterocycles. The lowest BCUT2D eigenvalue weighted by molar-refractivity contribution is -0.168. The molecule has 19 heavy (non-hydrogen) atoms. The highest BCUT2D eigenvalue weighted by Gasteiger charge is 2.46. The Balaban J connectivity index is 2.17. The van der Waals surface area contributed by atoms with E-state index in [0.29, 0.717) is 18.8 Å². The molecule has 0 radical (unpaired) electrons. The normalized spacial score (nSPS) is 34.3. The summed E-state index contributed by atoms with van der Waals surface area (Å²) < 4.78 is 5.54. The minimum Gasteiger partial charge on any atom is -0.511 e. The number of aliphatic hydroxyl groups excluding tert-OH is 1. The second-order valence-electron chi connectivity index (χ2n) is 5.93. The van der Waals surface area contributed by atoms with Gasteiger partial charge in [-0.3, -0.25) is 4.79 Å². The summed E-state index contributed by atoms with van der Waals surface area (Å²) in [5, 5.41) is 9.80. The van der Waals surface area contributed by atoms with E-state index in [-0.39, 0.29) is 23.5 Å². The van der Waals surface area contributed by atoms with Crippen LogP contribution in [0.4, 0.5) is 0 Å². The number of ketones is 1. The molecular weight excluding hydrogens is 244 g/mol. The van der Waals surface area contributed by atoms with Gasteiger partial charge in [0.1, 0.15) is 16.9 Å². The summed E-state index contributed by atoms with van der Waals surface area (Å²) in [5.74, 6) is -0.366. The smallest absolute Gasteiger partial charge is 0.345 e. The van der Waals surface area contributed by atoms with Crippen molar-refractivity contribution in [1.29, 1.82) is 0 Å². The molecule has 0 amide bonds. The van der Waals surface area contributed by atoms with Gasteiger partial charge in [-0.05, 0) is 38.0 Å². The van der Waals surface area contributed by atoms with Crippen molar-refractivity contribution in [1.82, 2.24) is 0 Å². The van der Waals surface area contributed by atoms with Crippen LogP contribution in [0, 0.1) is 5.92 Å². The maximum absolute atomic E-state index is 12.2. The fraction of sp³-hybridized carbons (Fsp3) is 0.733. The fourth-order valence-electron chi connectivity index (χ4n) is 2.99. The molecule has 1 aliphatic carbocycles. The molecule has 0 bridgehead atoms. The van der Waals surface area contributed by atoms with E-state index in [1.54, 1.807) is 0 Å². The second kappa shape index (κ2) is 5.35.